The third-order valence-corrected chi connectivity index (χ3v) is 13.7. The topological polar surface area (TPSA) is 3.24 Å². The number of hydrogen-bond donors (Lipinski definition) is 0. The van der Waals surface area contributed by atoms with Crippen LogP contribution in [0.5, 0.6) is 0 Å². The van der Waals surface area contributed by atoms with E-state index in [2.05, 4.69) is 243 Å². The fourth-order valence-corrected chi connectivity index (χ4v) is 11.0. The van der Waals surface area contributed by atoms with Gasteiger partial charge in [0.05, 0.1) is 16.8 Å². The van der Waals surface area contributed by atoms with Crippen molar-refractivity contribution in [1.29, 1.82) is 0 Å². The minimum absolute atomic E-state index is 0.134. The highest BCUT2D eigenvalue weighted by Gasteiger charge is 2.53. The highest BCUT2D eigenvalue weighted by molar-refractivity contribution is 6.15. The molecule has 0 aliphatic heterocycles. The van der Waals surface area contributed by atoms with Crippen molar-refractivity contribution in [2.24, 2.45) is 0 Å². The van der Waals surface area contributed by atoms with Crippen LogP contribution < -0.4 is 4.90 Å². The molecule has 1 nitrogen and oxygen atoms in total. The summed E-state index contributed by atoms with van der Waals surface area (Å²) in [4.78, 5) is 2.48. The molecule has 0 N–H and O–H groups in total. The molecule has 10 aromatic rings. The largest absolute Gasteiger partial charge is 0.309 e. The molecule has 288 valence electrons. The maximum atomic E-state index is 2.48. The van der Waals surface area contributed by atoms with E-state index in [1.165, 1.54) is 88.3 Å². The summed E-state index contributed by atoms with van der Waals surface area (Å²) in [5, 5.41) is 4.94. The second-order valence-corrected chi connectivity index (χ2v) is 17.2. The predicted octanol–water partition coefficient (Wildman–Crippen LogP) is 15.8. The lowest BCUT2D eigenvalue weighted by atomic mass is 9.55. The molecule has 0 unspecified atom stereocenters. The van der Waals surface area contributed by atoms with Crippen molar-refractivity contribution < 1.29 is 0 Å². The van der Waals surface area contributed by atoms with Gasteiger partial charge >= 0.3 is 0 Å². The van der Waals surface area contributed by atoms with Crippen molar-refractivity contribution in [3.8, 4) is 33.4 Å². The first-order valence-corrected chi connectivity index (χ1v) is 21.4. The van der Waals surface area contributed by atoms with Crippen molar-refractivity contribution in [1.82, 2.24) is 0 Å². The first-order valence-electron chi connectivity index (χ1n) is 21.4. The molecule has 0 atom stereocenters. The highest BCUT2D eigenvalue weighted by Crippen LogP contribution is 2.62. The maximum Gasteiger partial charge on any atom is 0.0719 e. The van der Waals surface area contributed by atoms with E-state index in [0.29, 0.717) is 0 Å². The number of fused-ring (bicyclic) bond motifs is 12. The zero-order chi connectivity index (χ0) is 40.7. The zero-order valence-corrected chi connectivity index (χ0v) is 34.3. The standard InChI is InChI=1S/C60H43N/c1-59(2)53-27-13-15-29-55(53)60(56-30-16-14-28-54(56)59)51-26-12-10-24-48(51)50-38-43(34-37-52(50)60)46-22-11-17-31-57(46)61(44-35-32-41(33-36-44)40-18-4-3-5-19-40)58-39-42-20-6-7-21-45(42)47-23-8-9-25-49(47)58/h3-39H,1-2H3. The lowest BCUT2D eigenvalue weighted by molar-refractivity contribution is 0.563. The molecule has 0 fully saturated rings. The summed E-state index contributed by atoms with van der Waals surface area (Å²) in [7, 11) is 0. The third-order valence-electron chi connectivity index (χ3n) is 13.7. The van der Waals surface area contributed by atoms with Gasteiger partial charge in [0.15, 0.2) is 0 Å². The monoisotopic (exact) mass is 777 g/mol. The predicted molar refractivity (Wildman–Crippen MR) is 256 cm³/mol. The van der Waals surface area contributed by atoms with Crippen molar-refractivity contribution in [3.63, 3.8) is 0 Å². The Bertz CT molecular complexity index is 3290. The maximum absolute atomic E-state index is 2.48. The molecule has 0 saturated heterocycles. The number of nitrogens with zero attached hydrogens (tertiary/aromatic N) is 1. The Morgan fingerprint density at radius 1 is 0.311 bits per heavy atom. The Hall–Kier alpha value is -7.48. The van der Waals surface area contributed by atoms with Crippen LogP contribution in [0.15, 0.2) is 224 Å². The van der Waals surface area contributed by atoms with Gasteiger partial charge in [0.1, 0.15) is 0 Å². The van der Waals surface area contributed by atoms with Crippen LogP contribution in [0, 0.1) is 0 Å². The summed E-state index contributed by atoms with van der Waals surface area (Å²) in [6.07, 6.45) is 0. The Morgan fingerprint density at radius 3 is 1.54 bits per heavy atom. The quantitative estimate of drug-likeness (QED) is 0.157. The molecule has 0 aromatic heterocycles. The second kappa shape index (κ2) is 13.5. The molecule has 12 rings (SSSR count). The van der Waals surface area contributed by atoms with Gasteiger partial charge in [-0.1, -0.05) is 208 Å². The van der Waals surface area contributed by atoms with Crippen LogP contribution in [-0.4, -0.2) is 0 Å². The molecule has 2 aliphatic carbocycles. The summed E-state index contributed by atoms with van der Waals surface area (Å²) in [6, 6.07) is 83.5. The van der Waals surface area contributed by atoms with Crippen molar-refractivity contribution in [2.45, 2.75) is 24.7 Å². The van der Waals surface area contributed by atoms with Gasteiger partial charge in [0.25, 0.3) is 0 Å². The van der Waals surface area contributed by atoms with Gasteiger partial charge in [-0.3, -0.25) is 0 Å². The van der Waals surface area contributed by atoms with Gasteiger partial charge in [-0.05, 0) is 108 Å². The molecule has 61 heavy (non-hydrogen) atoms. The van der Waals surface area contributed by atoms with Crippen LogP contribution in [0.25, 0.3) is 54.9 Å². The van der Waals surface area contributed by atoms with E-state index in [4.69, 9.17) is 0 Å². The Kier molecular flexibility index (Phi) is 7.86. The van der Waals surface area contributed by atoms with Gasteiger partial charge in [0.2, 0.25) is 0 Å². The fraction of sp³-hybridized carbons (Fsp3) is 0.0667. The smallest absolute Gasteiger partial charge is 0.0719 e. The first kappa shape index (κ1) is 35.5. The fourth-order valence-electron chi connectivity index (χ4n) is 11.0. The van der Waals surface area contributed by atoms with Crippen LogP contribution in [0.2, 0.25) is 0 Å². The molecule has 1 spiro atoms. The van der Waals surface area contributed by atoms with Crippen LogP contribution in [0.3, 0.4) is 0 Å². The van der Waals surface area contributed by atoms with E-state index in [0.717, 1.165) is 17.1 Å². The number of para-hydroxylation sites is 1. The molecule has 0 bridgehead atoms. The zero-order valence-electron chi connectivity index (χ0n) is 34.3. The molecule has 10 aromatic carbocycles. The number of benzene rings is 10. The van der Waals surface area contributed by atoms with Crippen molar-refractivity contribution in [3.05, 3.63) is 258 Å². The highest BCUT2D eigenvalue weighted by atomic mass is 15.1. The molecule has 0 heterocycles. The van der Waals surface area contributed by atoms with Gasteiger partial charge < -0.3 is 4.90 Å². The third kappa shape index (κ3) is 5.14. The van der Waals surface area contributed by atoms with E-state index in [1.54, 1.807) is 0 Å². The Morgan fingerprint density at radius 2 is 0.820 bits per heavy atom. The van der Waals surface area contributed by atoms with Crippen molar-refractivity contribution in [2.75, 3.05) is 4.90 Å². The normalized spacial score (nSPS) is 14.0. The van der Waals surface area contributed by atoms with Gasteiger partial charge in [0, 0.05) is 22.1 Å². The second-order valence-electron chi connectivity index (χ2n) is 17.2. The summed E-state index contributed by atoms with van der Waals surface area (Å²) in [6.45, 7) is 4.78. The molecule has 0 amide bonds. The van der Waals surface area contributed by atoms with Crippen LogP contribution >= 0.6 is 0 Å². The van der Waals surface area contributed by atoms with Gasteiger partial charge in [-0.15, -0.1) is 0 Å². The molecule has 1 heteroatoms. The SMILES string of the molecule is CC1(C)c2ccccc2C2(c3ccccc3-c3cc(-c4ccccc4N(c4ccc(-c5ccccc5)cc4)c4cc5ccccc5c5ccccc45)ccc32)c2ccccc21. The molecule has 0 radical (unpaired) electrons. The van der Waals surface area contributed by atoms with Crippen molar-refractivity contribution >= 4 is 38.6 Å². The molecule has 0 saturated carbocycles. The summed E-state index contributed by atoms with van der Waals surface area (Å²) < 4.78 is 0. The lowest BCUT2D eigenvalue weighted by Crippen LogP contribution is -2.40. The summed E-state index contributed by atoms with van der Waals surface area (Å²) >= 11 is 0. The minimum Gasteiger partial charge on any atom is -0.309 e. The molecule has 2 aliphatic rings. The average Bonchev–Trinajstić information content (AvgIpc) is 3.62. The van der Waals surface area contributed by atoms with E-state index >= 15 is 0 Å². The first-order chi connectivity index (χ1) is 30.0. The van der Waals surface area contributed by atoms with E-state index in [9.17, 15) is 0 Å². The van der Waals surface area contributed by atoms with Gasteiger partial charge in [-0.2, -0.15) is 0 Å². The summed E-state index contributed by atoms with van der Waals surface area (Å²) in [5.41, 5.74) is 18.4. The lowest BCUT2D eigenvalue weighted by Gasteiger charge is -2.46. The van der Waals surface area contributed by atoms with Crippen LogP contribution in [0.1, 0.15) is 47.2 Å². The molecular formula is C60H43N. The van der Waals surface area contributed by atoms with E-state index < -0.39 is 5.41 Å². The number of hydrogen-bond acceptors (Lipinski definition) is 1. The van der Waals surface area contributed by atoms with Gasteiger partial charge in [-0.25, -0.2) is 0 Å². The van der Waals surface area contributed by atoms with Crippen LogP contribution in [0.4, 0.5) is 17.1 Å². The Balaban J connectivity index is 1.10. The average molecular weight is 778 g/mol. The Labute approximate surface area is 357 Å². The number of anilines is 3. The van der Waals surface area contributed by atoms with E-state index in [1.807, 2.05) is 0 Å². The summed E-state index contributed by atoms with van der Waals surface area (Å²) in [5.74, 6) is 0. The minimum atomic E-state index is -0.427. The van der Waals surface area contributed by atoms with Crippen LogP contribution in [-0.2, 0) is 10.8 Å². The van der Waals surface area contributed by atoms with E-state index in [-0.39, 0.29) is 5.41 Å². The molecular weight excluding hydrogens is 735 g/mol. The number of rotatable bonds is 5.